The molecule has 0 aliphatic carbocycles. The van der Waals surface area contributed by atoms with Gasteiger partial charge in [-0.15, -0.1) is 0 Å². The summed E-state index contributed by atoms with van der Waals surface area (Å²) in [6.07, 6.45) is -0.228. The van der Waals surface area contributed by atoms with Crippen molar-refractivity contribution in [3.63, 3.8) is 0 Å². The van der Waals surface area contributed by atoms with E-state index in [4.69, 9.17) is 15.2 Å². The van der Waals surface area contributed by atoms with Crippen molar-refractivity contribution in [2.45, 2.75) is 19.1 Å². The highest BCUT2D eigenvalue weighted by atomic mass is 19.1. The zero-order valence-electron chi connectivity index (χ0n) is 11.5. The van der Waals surface area contributed by atoms with Crippen molar-refractivity contribution in [3.05, 3.63) is 59.9 Å². The molecule has 0 amide bonds. The molecule has 2 rings (SSSR count). The van der Waals surface area contributed by atoms with Gasteiger partial charge in [-0.1, -0.05) is 12.1 Å². The minimum Gasteiger partial charge on any atom is -0.497 e. The van der Waals surface area contributed by atoms with E-state index in [1.54, 1.807) is 19.2 Å². The van der Waals surface area contributed by atoms with Gasteiger partial charge in [0.2, 0.25) is 0 Å². The van der Waals surface area contributed by atoms with Crippen molar-refractivity contribution in [2.75, 3.05) is 7.11 Å². The van der Waals surface area contributed by atoms with Gasteiger partial charge in [-0.25, -0.2) is 4.39 Å². The van der Waals surface area contributed by atoms with Crippen LogP contribution in [0.5, 0.6) is 11.5 Å². The quantitative estimate of drug-likeness (QED) is 0.910. The second kappa shape index (κ2) is 6.39. The van der Waals surface area contributed by atoms with Crippen LogP contribution >= 0.6 is 0 Å². The number of ether oxygens (including phenoxy) is 2. The highest BCUT2D eigenvalue weighted by Gasteiger charge is 2.16. The Hall–Kier alpha value is -2.07. The molecule has 0 heterocycles. The smallest absolute Gasteiger partial charge is 0.123 e. The fourth-order valence-electron chi connectivity index (χ4n) is 1.90. The molecule has 0 aromatic heterocycles. The van der Waals surface area contributed by atoms with Gasteiger partial charge in [0.1, 0.15) is 23.4 Å². The number of methoxy groups -OCH3 is 1. The summed E-state index contributed by atoms with van der Waals surface area (Å²) >= 11 is 0. The molecule has 2 N–H and O–H groups in total. The zero-order valence-corrected chi connectivity index (χ0v) is 11.5. The third-order valence-corrected chi connectivity index (χ3v) is 3.14. The van der Waals surface area contributed by atoms with Gasteiger partial charge in [-0.05, 0) is 48.9 Å². The summed E-state index contributed by atoms with van der Waals surface area (Å²) in [7, 11) is 1.61. The predicted molar refractivity (Wildman–Crippen MR) is 76.4 cm³/mol. The zero-order chi connectivity index (χ0) is 14.5. The van der Waals surface area contributed by atoms with Crippen LogP contribution in [0.25, 0.3) is 0 Å². The van der Waals surface area contributed by atoms with E-state index < -0.39 is 0 Å². The Morgan fingerprint density at radius 1 is 0.950 bits per heavy atom. The minimum absolute atomic E-state index is 0.228. The van der Waals surface area contributed by atoms with Crippen molar-refractivity contribution in [1.29, 1.82) is 0 Å². The average molecular weight is 275 g/mol. The summed E-state index contributed by atoms with van der Waals surface area (Å²) < 4.78 is 23.8. The molecular weight excluding hydrogens is 257 g/mol. The molecule has 2 aromatic rings. The molecule has 0 bridgehead atoms. The summed E-state index contributed by atoms with van der Waals surface area (Å²) in [5.41, 5.74) is 6.96. The third-order valence-electron chi connectivity index (χ3n) is 3.14. The van der Waals surface area contributed by atoms with Crippen LogP contribution in [0.3, 0.4) is 0 Å². The first kappa shape index (κ1) is 14.3. The fraction of sp³-hybridized carbons (Fsp3) is 0.250. The van der Waals surface area contributed by atoms with Crippen molar-refractivity contribution >= 4 is 0 Å². The van der Waals surface area contributed by atoms with Crippen molar-refractivity contribution < 1.29 is 13.9 Å². The van der Waals surface area contributed by atoms with Crippen LogP contribution in [-0.2, 0) is 0 Å². The lowest BCUT2D eigenvalue weighted by Crippen LogP contribution is -2.28. The summed E-state index contributed by atoms with van der Waals surface area (Å²) in [6.45, 7) is 1.89. The van der Waals surface area contributed by atoms with Crippen LogP contribution < -0.4 is 15.2 Å². The second-order valence-corrected chi connectivity index (χ2v) is 4.58. The molecule has 0 aliphatic rings. The molecular formula is C16H18FNO2. The lowest BCUT2D eigenvalue weighted by atomic mass is 10.0. The summed E-state index contributed by atoms with van der Waals surface area (Å²) in [4.78, 5) is 0. The Labute approximate surface area is 118 Å². The van der Waals surface area contributed by atoms with Crippen molar-refractivity contribution in [2.24, 2.45) is 5.73 Å². The van der Waals surface area contributed by atoms with Gasteiger partial charge in [-0.2, -0.15) is 0 Å². The molecule has 106 valence electrons. The monoisotopic (exact) mass is 275 g/mol. The Kier molecular flexibility index (Phi) is 4.58. The van der Waals surface area contributed by atoms with E-state index in [2.05, 4.69) is 0 Å². The van der Waals surface area contributed by atoms with Crippen molar-refractivity contribution in [3.8, 4) is 11.5 Å². The van der Waals surface area contributed by atoms with Gasteiger partial charge < -0.3 is 15.2 Å². The van der Waals surface area contributed by atoms with E-state index in [9.17, 15) is 4.39 Å². The van der Waals surface area contributed by atoms with Crippen LogP contribution in [0, 0.1) is 5.82 Å². The minimum atomic E-state index is -0.322. The Balaban J connectivity index is 2.02. The number of rotatable bonds is 5. The molecule has 0 aliphatic heterocycles. The third kappa shape index (κ3) is 3.48. The number of nitrogens with two attached hydrogens (primary N) is 1. The first-order chi connectivity index (χ1) is 9.60. The SMILES string of the molecule is COc1ccc(OC(C)C(N)c2ccc(F)cc2)cc1. The molecule has 0 radical (unpaired) electrons. The van der Waals surface area contributed by atoms with E-state index in [1.807, 2.05) is 31.2 Å². The average Bonchev–Trinajstić information content (AvgIpc) is 2.48. The fourth-order valence-corrected chi connectivity index (χ4v) is 1.90. The van der Waals surface area contributed by atoms with Gasteiger partial charge in [0.05, 0.1) is 13.2 Å². The molecule has 2 unspecified atom stereocenters. The Bertz CT molecular complexity index is 539. The van der Waals surface area contributed by atoms with Gasteiger partial charge in [0, 0.05) is 0 Å². The largest absolute Gasteiger partial charge is 0.497 e. The molecule has 2 atom stereocenters. The molecule has 3 nitrogen and oxygen atoms in total. The molecule has 4 heteroatoms. The summed E-state index contributed by atoms with van der Waals surface area (Å²) in [6, 6.07) is 13.1. The predicted octanol–water partition coefficient (Wildman–Crippen LogP) is 3.30. The van der Waals surface area contributed by atoms with Gasteiger partial charge in [-0.3, -0.25) is 0 Å². The lowest BCUT2D eigenvalue weighted by Gasteiger charge is -2.22. The Morgan fingerprint density at radius 2 is 1.50 bits per heavy atom. The molecule has 2 aromatic carbocycles. The normalized spacial score (nSPS) is 13.6. The topological polar surface area (TPSA) is 44.5 Å². The molecule has 0 saturated heterocycles. The molecule has 20 heavy (non-hydrogen) atoms. The maximum Gasteiger partial charge on any atom is 0.123 e. The van der Waals surface area contributed by atoms with Crippen LogP contribution in [0.1, 0.15) is 18.5 Å². The van der Waals surface area contributed by atoms with Gasteiger partial charge in [0.15, 0.2) is 0 Å². The lowest BCUT2D eigenvalue weighted by molar-refractivity contribution is 0.190. The number of hydrogen-bond donors (Lipinski definition) is 1. The maximum atomic E-state index is 12.9. The first-order valence-electron chi connectivity index (χ1n) is 6.42. The highest BCUT2D eigenvalue weighted by molar-refractivity contribution is 5.31. The summed E-state index contributed by atoms with van der Waals surface area (Å²) in [5.74, 6) is 1.22. The van der Waals surface area contributed by atoms with E-state index in [-0.39, 0.29) is 18.0 Å². The molecule has 0 spiro atoms. The van der Waals surface area contributed by atoms with Gasteiger partial charge >= 0.3 is 0 Å². The van der Waals surface area contributed by atoms with E-state index >= 15 is 0 Å². The first-order valence-corrected chi connectivity index (χ1v) is 6.42. The van der Waals surface area contributed by atoms with Crippen LogP contribution in [0.2, 0.25) is 0 Å². The van der Waals surface area contributed by atoms with E-state index in [0.717, 1.165) is 17.1 Å². The molecule has 0 fully saturated rings. The highest BCUT2D eigenvalue weighted by Crippen LogP contribution is 2.22. The second-order valence-electron chi connectivity index (χ2n) is 4.58. The van der Waals surface area contributed by atoms with Crippen LogP contribution in [0.15, 0.2) is 48.5 Å². The van der Waals surface area contributed by atoms with Crippen LogP contribution in [-0.4, -0.2) is 13.2 Å². The van der Waals surface area contributed by atoms with Crippen LogP contribution in [0.4, 0.5) is 4.39 Å². The molecule has 0 saturated carbocycles. The van der Waals surface area contributed by atoms with Gasteiger partial charge in [0.25, 0.3) is 0 Å². The standard InChI is InChI=1S/C16H18FNO2/c1-11(16(18)12-3-5-13(17)6-4-12)20-15-9-7-14(19-2)8-10-15/h3-11,16H,18H2,1-2H3. The maximum absolute atomic E-state index is 12.9. The van der Waals surface area contributed by atoms with E-state index in [1.165, 1.54) is 12.1 Å². The van der Waals surface area contributed by atoms with Crippen molar-refractivity contribution in [1.82, 2.24) is 0 Å². The number of hydrogen-bond acceptors (Lipinski definition) is 3. The van der Waals surface area contributed by atoms with E-state index in [0.29, 0.717) is 0 Å². The Morgan fingerprint density at radius 3 is 2.05 bits per heavy atom. The summed E-state index contributed by atoms with van der Waals surface area (Å²) in [5, 5.41) is 0. The number of halogens is 1. The number of benzene rings is 2.